The summed E-state index contributed by atoms with van der Waals surface area (Å²) in [7, 11) is 0. The summed E-state index contributed by atoms with van der Waals surface area (Å²) in [5.74, 6) is 0.319. The molecule has 1 aliphatic rings. The smallest absolute Gasteiger partial charge is 0.227 e. The Labute approximate surface area is 194 Å². The highest BCUT2D eigenvalue weighted by Gasteiger charge is 2.38. The van der Waals surface area contributed by atoms with Crippen LogP contribution in [0.15, 0.2) is 28.8 Å². The van der Waals surface area contributed by atoms with Gasteiger partial charge in [-0.2, -0.15) is 4.98 Å². The molecule has 3 amide bonds. The van der Waals surface area contributed by atoms with Crippen LogP contribution in [0.4, 0.5) is 11.4 Å². The number of amides is 3. The van der Waals surface area contributed by atoms with E-state index in [4.69, 9.17) is 4.52 Å². The highest BCUT2D eigenvalue weighted by Crippen LogP contribution is 2.34. The van der Waals surface area contributed by atoms with Gasteiger partial charge in [0, 0.05) is 37.1 Å². The van der Waals surface area contributed by atoms with Crippen molar-refractivity contribution in [2.24, 2.45) is 5.92 Å². The minimum atomic E-state index is -0.604. The van der Waals surface area contributed by atoms with Crippen LogP contribution < -0.4 is 16.0 Å². The summed E-state index contributed by atoms with van der Waals surface area (Å²) in [4.78, 5) is 40.7. The van der Waals surface area contributed by atoms with Gasteiger partial charge in [-0.05, 0) is 31.0 Å². The van der Waals surface area contributed by atoms with Gasteiger partial charge in [0.1, 0.15) is 5.54 Å². The van der Waals surface area contributed by atoms with Gasteiger partial charge < -0.3 is 20.5 Å². The monoisotopic (exact) mass is 455 g/mol. The average molecular weight is 456 g/mol. The number of hydrogen-bond donors (Lipinski definition) is 3. The second-order valence-electron chi connectivity index (χ2n) is 8.96. The van der Waals surface area contributed by atoms with Gasteiger partial charge in [-0.3, -0.25) is 14.4 Å². The van der Waals surface area contributed by atoms with Crippen LogP contribution in [0.1, 0.15) is 77.4 Å². The van der Waals surface area contributed by atoms with Crippen molar-refractivity contribution in [3.8, 4) is 0 Å². The van der Waals surface area contributed by atoms with Gasteiger partial charge in [-0.1, -0.05) is 50.8 Å². The molecule has 0 unspecified atom stereocenters. The number of aromatic nitrogens is 2. The number of rotatable bonds is 8. The Kier molecular flexibility index (Phi) is 8.19. The molecule has 0 aliphatic heterocycles. The first-order chi connectivity index (χ1) is 15.8. The Bertz CT molecular complexity index is 977. The van der Waals surface area contributed by atoms with Crippen LogP contribution in [0.25, 0.3) is 0 Å². The van der Waals surface area contributed by atoms with Crippen LogP contribution in [0.5, 0.6) is 0 Å². The molecule has 1 aliphatic carbocycles. The van der Waals surface area contributed by atoms with Gasteiger partial charge in [0.2, 0.25) is 23.6 Å². The van der Waals surface area contributed by atoms with Crippen LogP contribution in [0, 0.1) is 5.92 Å². The van der Waals surface area contributed by atoms with E-state index >= 15 is 0 Å². The molecule has 0 atom stereocenters. The maximum atomic E-state index is 12.4. The van der Waals surface area contributed by atoms with Crippen molar-refractivity contribution in [1.29, 1.82) is 0 Å². The number of nitrogens with one attached hydrogen (secondary N) is 3. The number of carbonyl (C=O) groups excluding carboxylic acids is 3. The van der Waals surface area contributed by atoms with Gasteiger partial charge in [-0.15, -0.1) is 0 Å². The van der Waals surface area contributed by atoms with E-state index in [-0.39, 0.29) is 30.1 Å². The zero-order valence-electron chi connectivity index (χ0n) is 19.6. The third-order valence-corrected chi connectivity index (χ3v) is 5.77. The lowest BCUT2D eigenvalue weighted by atomic mass is 9.89. The molecule has 3 rings (SSSR count). The Morgan fingerprint density at radius 3 is 2.36 bits per heavy atom. The number of aryl methyl sites for hydroxylation is 1. The summed E-state index contributed by atoms with van der Waals surface area (Å²) in [5.41, 5.74) is 0.614. The molecule has 3 N–H and O–H groups in total. The van der Waals surface area contributed by atoms with Crippen LogP contribution in [0.2, 0.25) is 0 Å². The first kappa shape index (κ1) is 24.4. The number of carbonyl (C=O) groups is 3. The van der Waals surface area contributed by atoms with E-state index in [1.807, 2.05) is 13.8 Å². The van der Waals surface area contributed by atoms with E-state index in [0.29, 0.717) is 29.5 Å². The van der Waals surface area contributed by atoms with E-state index in [0.717, 1.165) is 38.5 Å². The normalized spacial score (nSPS) is 15.5. The fraction of sp³-hybridized carbons (Fsp3) is 0.542. The van der Waals surface area contributed by atoms with Crippen molar-refractivity contribution in [2.75, 3.05) is 10.6 Å². The summed E-state index contributed by atoms with van der Waals surface area (Å²) in [6, 6.07) is 7.02. The van der Waals surface area contributed by atoms with Crippen molar-refractivity contribution >= 4 is 29.1 Å². The van der Waals surface area contributed by atoms with Crippen LogP contribution in [-0.2, 0) is 26.3 Å². The third-order valence-electron chi connectivity index (χ3n) is 5.77. The third kappa shape index (κ3) is 6.87. The molecule has 0 spiro atoms. The maximum absolute atomic E-state index is 12.4. The first-order valence-corrected chi connectivity index (χ1v) is 11.6. The average Bonchev–Trinajstić information content (AvgIpc) is 3.12. The zero-order valence-corrected chi connectivity index (χ0v) is 19.6. The van der Waals surface area contributed by atoms with Crippen LogP contribution in [-0.4, -0.2) is 27.9 Å². The molecule has 0 radical (unpaired) electrons. The van der Waals surface area contributed by atoms with Crippen molar-refractivity contribution in [1.82, 2.24) is 15.5 Å². The summed E-state index contributed by atoms with van der Waals surface area (Å²) in [5, 5.41) is 12.8. The molecule has 9 nitrogen and oxygen atoms in total. The molecule has 1 saturated carbocycles. The summed E-state index contributed by atoms with van der Waals surface area (Å²) in [6.07, 6.45) is 6.22. The first-order valence-electron chi connectivity index (χ1n) is 11.6. The molecular formula is C24H33N5O4. The molecule has 1 fully saturated rings. The van der Waals surface area contributed by atoms with Crippen molar-refractivity contribution < 1.29 is 18.9 Å². The van der Waals surface area contributed by atoms with Crippen LogP contribution in [0.3, 0.4) is 0 Å². The van der Waals surface area contributed by atoms with Crippen molar-refractivity contribution in [3.63, 3.8) is 0 Å². The van der Waals surface area contributed by atoms with Crippen LogP contribution >= 0.6 is 0 Å². The fourth-order valence-corrected chi connectivity index (χ4v) is 4.03. The van der Waals surface area contributed by atoms with Gasteiger partial charge in [0.15, 0.2) is 5.82 Å². The highest BCUT2D eigenvalue weighted by atomic mass is 16.5. The Hall–Kier alpha value is -3.23. The second-order valence-corrected chi connectivity index (χ2v) is 8.96. The lowest BCUT2D eigenvalue weighted by Gasteiger charge is -2.30. The molecule has 33 heavy (non-hydrogen) atoms. The van der Waals surface area contributed by atoms with Gasteiger partial charge >= 0.3 is 0 Å². The quantitative estimate of drug-likeness (QED) is 0.518. The van der Waals surface area contributed by atoms with E-state index in [1.54, 1.807) is 24.3 Å². The van der Waals surface area contributed by atoms with E-state index in [9.17, 15) is 14.4 Å². The molecular weight excluding hydrogens is 422 g/mol. The molecule has 0 saturated heterocycles. The summed E-state index contributed by atoms with van der Waals surface area (Å²) in [6.45, 7) is 5.14. The standard InChI is InChI=1S/C24H33N5O4/c1-16(2)22(32)26-19-10-8-9-18(15-19)25-20(31)11-12-21-27-23(29-33-21)24(28-17(3)30)13-6-4-5-7-14-24/h8-10,15-16H,4-7,11-14H2,1-3H3,(H,25,31)(H,26,32)(H,28,30). The minimum absolute atomic E-state index is 0.0867. The van der Waals surface area contributed by atoms with E-state index in [2.05, 4.69) is 26.1 Å². The Morgan fingerprint density at radius 1 is 1.06 bits per heavy atom. The number of benzene rings is 1. The largest absolute Gasteiger partial charge is 0.343 e. The molecule has 2 aromatic rings. The lowest BCUT2D eigenvalue weighted by Crippen LogP contribution is -2.45. The predicted octanol–water partition coefficient (Wildman–Crippen LogP) is 3.92. The molecule has 1 aromatic heterocycles. The second kappa shape index (κ2) is 11.1. The lowest BCUT2D eigenvalue weighted by molar-refractivity contribution is -0.121. The maximum Gasteiger partial charge on any atom is 0.227 e. The fourth-order valence-electron chi connectivity index (χ4n) is 4.03. The molecule has 1 heterocycles. The molecule has 1 aromatic carbocycles. The number of nitrogens with zero attached hydrogens (tertiary/aromatic N) is 2. The summed E-state index contributed by atoms with van der Waals surface area (Å²) >= 11 is 0. The van der Waals surface area contributed by atoms with Gasteiger partial charge in [0.05, 0.1) is 0 Å². The molecule has 0 bridgehead atoms. The van der Waals surface area contributed by atoms with Gasteiger partial charge in [-0.25, -0.2) is 0 Å². The number of anilines is 2. The summed E-state index contributed by atoms with van der Waals surface area (Å²) < 4.78 is 5.41. The predicted molar refractivity (Wildman–Crippen MR) is 124 cm³/mol. The SMILES string of the molecule is CC(=O)NC1(c2noc(CCC(=O)Nc3cccc(NC(=O)C(C)C)c3)n2)CCCCCC1. The topological polar surface area (TPSA) is 126 Å². The Morgan fingerprint density at radius 2 is 1.73 bits per heavy atom. The van der Waals surface area contributed by atoms with Crippen molar-refractivity contribution in [2.45, 2.75) is 77.7 Å². The Balaban J connectivity index is 1.59. The molecule has 178 valence electrons. The molecule has 9 heteroatoms. The number of hydrogen-bond acceptors (Lipinski definition) is 6. The van der Waals surface area contributed by atoms with E-state index in [1.165, 1.54) is 6.92 Å². The highest BCUT2D eigenvalue weighted by molar-refractivity contribution is 5.94. The van der Waals surface area contributed by atoms with Gasteiger partial charge in [0.25, 0.3) is 0 Å². The minimum Gasteiger partial charge on any atom is -0.343 e. The van der Waals surface area contributed by atoms with Crippen molar-refractivity contribution in [3.05, 3.63) is 36.0 Å². The zero-order chi connectivity index (χ0) is 23.8. The van der Waals surface area contributed by atoms with E-state index < -0.39 is 5.54 Å².